The van der Waals surface area contributed by atoms with Gasteiger partial charge < -0.3 is 9.47 Å². The maximum Gasteiger partial charge on any atom is 0.337 e. The highest BCUT2D eigenvalue weighted by molar-refractivity contribution is 5.92. The van der Waals surface area contributed by atoms with Gasteiger partial charge in [-0.2, -0.15) is 0 Å². The first-order valence-electron chi connectivity index (χ1n) is 4.62. The van der Waals surface area contributed by atoms with Crippen LogP contribution in [0.25, 0.3) is 0 Å². The van der Waals surface area contributed by atoms with Gasteiger partial charge in [-0.25, -0.2) is 4.79 Å². The molecule has 0 saturated heterocycles. The number of rotatable bonds is 6. The summed E-state index contributed by atoms with van der Waals surface area (Å²) < 4.78 is 8.97. The van der Waals surface area contributed by atoms with Crippen molar-refractivity contribution in [1.82, 2.24) is 0 Å². The molecule has 0 rings (SSSR count). The van der Waals surface area contributed by atoms with Crippen LogP contribution in [0, 0.1) is 0 Å². The van der Waals surface area contributed by atoms with E-state index in [0.717, 1.165) is 12.5 Å². The van der Waals surface area contributed by atoms with E-state index in [1.165, 1.54) is 0 Å². The summed E-state index contributed by atoms with van der Waals surface area (Å²) in [7, 11) is 0. The second-order valence-electron chi connectivity index (χ2n) is 2.72. The van der Waals surface area contributed by atoms with Gasteiger partial charge in [0.25, 0.3) is 0 Å². The zero-order chi connectivity index (χ0) is 11.7. The Morgan fingerprint density at radius 2 is 1.80 bits per heavy atom. The van der Waals surface area contributed by atoms with E-state index < -0.39 is 17.9 Å². The Kier molecular flexibility index (Phi) is 6.88. The fourth-order valence-corrected chi connectivity index (χ4v) is 0.697. The fraction of sp³-hybridized carbons (Fsp3) is 0.500. The van der Waals surface area contributed by atoms with E-state index in [0.29, 0.717) is 6.61 Å². The molecule has 0 aromatic rings. The fourth-order valence-electron chi connectivity index (χ4n) is 0.697. The molecule has 15 heavy (non-hydrogen) atoms. The van der Waals surface area contributed by atoms with Crippen LogP contribution in [0.1, 0.15) is 26.2 Å². The first kappa shape index (κ1) is 13.4. The SMILES string of the molecule is C=CC(=O)OC(=O)CCC(=O)OCCC. The molecule has 0 fully saturated rings. The third kappa shape index (κ3) is 7.42. The summed E-state index contributed by atoms with van der Waals surface area (Å²) in [5, 5.41) is 0. The molecule has 0 aliphatic heterocycles. The smallest absolute Gasteiger partial charge is 0.337 e. The van der Waals surface area contributed by atoms with Crippen LogP contribution in [0.2, 0.25) is 0 Å². The van der Waals surface area contributed by atoms with Gasteiger partial charge in [0.15, 0.2) is 0 Å². The quantitative estimate of drug-likeness (QED) is 0.374. The number of esters is 3. The van der Waals surface area contributed by atoms with Gasteiger partial charge in [0.2, 0.25) is 0 Å². The Labute approximate surface area is 88.0 Å². The molecule has 0 unspecified atom stereocenters. The Balaban J connectivity index is 3.66. The lowest BCUT2D eigenvalue weighted by molar-refractivity contribution is -0.158. The van der Waals surface area contributed by atoms with Crippen molar-refractivity contribution < 1.29 is 23.9 Å². The first-order valence-corrected chi connectivity index (χ1v) is 4.62. The average molecular weight is 214 g/mol. The number of hydrogen-bond donors (Lipinski definition) is 0. The van der Waals surface area contributed by atoms with E-state index in [4.69, 9.17) is 4.74 Å². The van der Waals surface area contributed by atoms with Crippen LogP contribution in [-0.2, 0) is 23.9 Å². The predicted octanol–water partition coefficient (Wildman–Crippen LogP) is 0.976. The normalized spacial score (nSPS) is 9.13. The van der Waals surface area contributed by atoms with E-state index in [-0.39, 0.29) is 12.8 Å². The van der Waals surface area contributed by atoms with Crippen LogP contribution in [0.3, 0.4) is 0 Å². The van der Waals surface area contributed by atoms with Gasteiger partial charge in [-0.05, 0) is 6.42 Å². The minimum absolute atomic E-state index is 0.0801. The third-order valence-electron chi connectivity index (χ3n) is 1.38. The molecule has 5 nitrogen and oxygen atoms in total. The number of hydrogen-bond acceptors (Lipinski definition) is 5. The molecule has 0 amide bonds. The first-order chi connectivity index (χ1) is 7.10. The average Bonchev–Trinajstić information content (AvgIpc) is 2.23. The van der Waals surface area contributed by atoms with Crippen molar-refractivity contribution in [1.29, 1.82) is 0 Å². The number of carbonyl (C=O) groups excluding carboxylic acids is 3. The predicted molar refractivity (Wildman–Crippen MR) is 51.8 cm³/mol. The maximum atomic E-state index is 10.9. The lowest BCUT2D eigenvalue weighted by Crippen LogP contribution is -2.13. The molecule has 0 bridgehead atoms. The van der Waals surface area contributed by atoms with Crippen molar-refractivity contribution in [2.24, 2.45) is 0 Å². The molecule has 0 heterocycles. The molecule has 0 aromatic carbocycles. The van der Waals surface area contributed by atoms with Crippen LogP contribution < -0.4 is 0 Å². The van der Waals surface area contributed by atoms with Crippen LogP contribution in [0.15, 0.2) is 12.7 Å². The standard InChI is InChI=1S/C10H14O5/c1-3-7-14-9(12)5-6-10(13)15-8(11)4-2/h4H,2-3,5-7H2,1H3. The van der Waals surface area contributed by atoms with E-state index in [1.807, 2.05) is 6.92 Å². The van der Waals surface area contributed by atoms with Gasteiger partial charge in [0, 0.05) is 6.08 Å². The minimum Gasteiger partial charge on any atom is -0.466 e. The molecule has 0 N–H and O–H groups in total. The summed E-state index contributed by atoms with van der Waals surface area (Å²) in [6.45, 7) is 5.33. The molecular formula is C10H14O5. The zero-order valence-corrected chi connectivity index (χ0v) is 8.65. The van der Waals surface area contributed by atoms with E-state index in [1.54, 1.807) is 0 Å². The van der Waals surface area contributed by atoms with Gasteiger partial charge in [0.1, 0.15) is 0 Å². The van der Waals surface area contributed by atoms with Crippen molar-refractivity contribution in [2.75, 3.05) is 6.61 Å². The molecular weight excluding hydrogens is 200 g/mol. The topological polar surface area (TPSA) is 69.7 Å². The molecule has 0 aromatic heterocycles. The molecule has 0 atom stereocenters. The van der Waals surface area contributed by atoms with E-state index in [9.17, 15) is 14.4 Å². The summed E-state index contributed by atoms with van der Waals surface area (Å²) in [6.07, 6.45) is 1.36. The van der Waals surface area contributed by atoms with Crippen LogP contribution in [-0.4, -0.2) is 24.5 Å². The Morgan fingerprint density at radius 1 is 1.20 bits per heavy atom. The maximum absolute atomic E-state index is 10.9. The van der Waals surface area contributed by atoms with Gasteiger partial charge in [-0.15, -0.1) is 0 Å². The summed E-state index contributed by atoms with van der Waals surface area (Å²) >= 11 is 0. The Hall–Kier alpha value is -1.65. The molecule has 0 aliphatic carbocycles. The molecule has 0 spiro atoms. The number of carbonyl (C=O) groups is 3. The largest absolute Gasteiger partial charge is 0.466 e. The number of ether oxygens (including phenoxy) is 2. The van der Waals surface area contributed by atoms with Gasteiger partial charge in [0.05, 0.1) is 19.4 Å². The molecule has 0 aliphatic rings. The summed E-state index contributed by atoms with van der Waals surface area (Å²) in [4.78, 5) is 32.4. The summed E-state index contributed by atoms with van der Waals surface area (Å²) in [5.74, 6) is -2.05. The Morgan fingerprint density at radius 3 is 2.33 bits per heavy atom. The summed E-state index contributed by atoms with van der Waals surface area (Å²) in [6, 6.07) is 0. The van der Waals surface area contributed by atoms with Gasteiger partial charge in [-0.1, -0.05) is 13.5 Å². The monoisotopic (exact) mass is 214 g/mol. The lowest BCUT2D eigenvalue weighted by atomic mass is 10.3. The molecule has 5 heteroatoms. The highest BCUT2D eigenvalue weighted by atomic mass is 16.6. The van der Waals surface area contributed by atoms with E-state index in [2.05, 4.69) is 11.3 Å². The Bertz CT molecular complexity index is 257. The van der Waals surface area contributed by atoms with Gasteiger partial charge in [-0.3, -0.25) is 9.59 Å². The highest BCUT2D eigenvalue weighted by Gasteiger charge is 2.10. The van der Waals surface area contributed by atoms with Gasteiger partial charge >= 0.3 is 17.9 Å². The van der Waals surface area contributed by atoms with Crippen molar-refractivity contribution in [3.63, 3.8) is 0 Å². The minimum atomic E-state index is -0.818. The van der Waals surface area contributed by atoms with Crippen LogP contribution in [0.5, 0.6) is 0 Å². The second kappa shape index (κ2) is 7.73. The van der Waals surface area contributed by atoms with Crippen molar-refractivity contribution in [3.05, 3.63) is 12.7 Å². The highest BCUT2D eigenvalue weighted by Crippen LogP contribution is 1.97. The molecule has 84 valence electrons. The van der Waals surface area contributed by atoms with Crippen LogP contribution >= 0.6 is 0 Å². The third-order valence-corrected chi connectivity index (χ3v) is 1.38. The van der Waals surface area contributed by atoms with Crippen molar-refractivity contribution in [2.45, 2.75) is 26.2 Å². The summed E-state index contributed by atoms with van der Waals surface area (Å²) in [5.41, 5.74) is 0. The lowest BCUT2D eigenvalue weighted by Gasteiger charge is -2.02. The zero-order valence-electron chi connectivity index (χ0n) is 8.65. The second-order valence-corrected chi connectivity index (χ2v) is 2.72. The molecule has 0 radical (unpaired) electrons. The van der Waals surface area contributed by atoms with Crippen molar-refractivity contribution >= 4 is 17.9 Å². The van der Waals surface area contributed by atoms with E-state index >= 15 is 0 Å². The molecule has 0 saturated carbocycles. The van der Waals surface area contributed by atoms with Crippen molar-refractivity contribution in [3.8, 4) is 0 Å². The van der Waals surface area contributed by atoms with Crippen LogP contribution in [0.4, 0.5) is 0 Å².